The summed E-state index contributed by atoms with van der Waals surface area (Å²) < 4.78 is 11.5. The van der Waals surface area contributed by atoms with Crippen LogP contribution in [0.4, 0.5) is 5.69 Å². The first-order valence-corrected chi connectivity index (χ1v) is 10.3. The van der Waals surface area contributed by atoms with Crippen LogP contribution in [0, 0.1) is 0 Å². The van der Waals surface area contributed by atoms with E-state index in [2.05, 4.69) is 11.6 Å². The minimum Gasteiger partial charge on any atom is -0.493 e. The number of carbonyl (C=O) groups is 1. The molecular formula is C21H25NO3S. The van der Waals surface area contributed by atoms with Gasteiger partial charge in [0.05, 0.1) is 13.2 Å². The average molecular weight is 372 g/mol. The van der Waals surface area contributed by atoms with Gasteiger partial charge in [0.1, 0.15) is 0 Å². The van der Waals surface area contributed by atoms with Crippen molar-refractivity contribution in [3.63, 3.8) is 0 Å². The van der Waals surface area contributed by atoms with Crippen LogP contribution in [0.3, 0.4) is 0 Å². The van der Waals surface area contributed by atoms with Gasteiger partial charge in [-0.15, -0.1) is 0 Å². The highest BCUT2D eigenvalue weighted by molar-refractivity contribution is 7.97. The van der Waals surface area contributed by atoms with Gasteiger partial charge in [-0.05, 0) is 61.8 Å². The number of rotatable bonds is 7. The molecule has 3 rings (SSSR count). The molecular weight excluding hydrogens is 346 g/mol. The van der Waals surface area contributed by atoms with Gasteiger partial charge in [0.2, 0.25) is 0 Å². The molecule has 138 valence electrons. The Morgan fingerprint density at radius 3 is 2.50 bits per heavy atom. The zero-order valence-corrected chi connectivity index (χ0v) is 16.1. The second-order valence-corrected chi connectivity index (χ2v) is 7.34. The van der Waals surface area contributed by atoms with E-state index in [1.54, 1.807) is 18.9 Å². The maximum atomic E-state index is 12.5. The van der Waals surface area contributed by atoms with Crippen LogP contribution in [0.25, 0.3) is 0 Å². The van der Waals surface area contributed by atoms with Gasteiger partial charge < -0.3 is 14.8 Å². The first-order chi connectivity index (χ1) is 12.7. The van der Waals surface area contributed by atoms with Crippen molar-refractivity contribution < 1.29 is 14.3 Å². The third-order valence-electron chi connectivity index (χ3n) is 4.54. The normalized spacial score (nSPS) is 14.2. The molecule has 0 aromatic heterocycles. The third-order valence-corrected chi connectivity index (χ3v) is 5.17. The molecule has 1 aliphatic carbocycles. The number of benzene rings is 2. The molecule has 0 bridgehead atoms. The number of methoxy groups -OCH3 is 1. The van der Waals surface area contributed by atoms with Gasteiger partial charge in [-0.3, -0.25) is 4.79 Å². The lowest BCUT2D eigenvalue weighted by Crippen LogP contribution is -2.14. The van der Waals surface area contributed by atoms with Crippen molar-refractivity contribution in [2.45, 2.75) is 37.5 Å². The molecule has 1 N–H and O–H groups in total. The van der Waals surface area contributed by atoms with E-state index in [0.717, 1.165) is 18.6 Å². The molecule has 0 aliphatic heterocycles. The minimum absolute atomic E-state index is 0.127. The molecule has 2 aromatic carbocycles. The van der Waals surface area contributed by atoms with Crippen LogP contribution in [-0.2, 0) is 5.75 Å². The Hall–Kier alpha value is -2.14. The summed E-state index contributed by atoms with van der Waals surface area (Å²) >= 11 is 1.76. The van der Waals surface area contributed by atoms with Crippen LogP contribution in [0.1, 0.15) is 41.6 Å². The van der Waals surface area contributed by atoms with Gasteiger partial charge in [0.25, 0.3) is 5.91 Å². The monoisotopic (exact) mass is 371 g/mol. The summed E-state index contributed by atoms with van der Waals surface area (Å²) in [5, 5.41) is 2.95. The number of hydrogen-bond donors (Lipinski definition) is 1. The first kappa shape index (κ1) is 18.6. The van der Waals surface area contributed by atoms with E-state index >= 15 is 0 Å². The molecule has 4 nitrogen and oxygen atoms in total. The molecule has 0 saturated heterocycles. The van der Waals surface area contributed by atoms with Crippen molar-refractivity contribution in [1.82, 2.24) is 0 Å². The van der Waals surface area contributed by atoms with E-state index in [4.69, 9.17) is 9.47 Å². The Bertz CT molecular complexity index is 739. The summed E-state index contributed by atoms with van der Waals surface area (Å²) in [6.07, 6.45) is 6.85. The molecule has 1 fully saturated rings. The van der Waals surface area contributed by atoms with Crippen LogP contribution in [-0.4, -0.2) is 25.4 Å². The van der Waals surface area contributed by atoms with E-state index < -0.39 is 0 Å². The molecule has 0 spiro atoms. The van der Waals surface area contributed by atoms with Crippen LogP contribution >= 0.6 is 11.8 Å². The van der Waals surface area contributed by atoms with Crippen molar-refractivity contribution in [3.8, 4) is 11.5 Å². The topological polar surface area (TPSA) is 47.6 Å². The fourth-order valence-electron chi connectivity index (χ4n) is 3.15. The standard InChI is InChI=1S/C21H25NO3S/c1-24-19-12-11-17(13-20(19)25-18-5-3-4-6-18)22-21(23)16-9-7-15(8-10-16)14-26-2/h7-13,18H,3-6,14H2,1-2H3,(H,22,23). The predicted octanol–water partition coefficient (Wildman–Crippen LogP) is 5.13. The third kappa shape index (κ3) is 4.73. The second-order valence-electron chi connectivity index (χ2n) is 6.47. The molecule has 1 aliphatic rings. The number of nitrogens with one attached hydrogen (secondary N) is 1. The summed E-state index contributed by atoms with van der Waals surface area (Å²) in [7, 11) is 1.63. The summed E-state index contributed by atoms with van der Waals surface area (Å²) in [5.41, 5.74) is 2.56. The van der Waals surface area contributed by atoms with Gasteiger partial charge in [0.15, 0.2) is 11.5 Å². The van der Waals surface area contributed by atoms with Crippen molar-refractivity contribution in [2.75, 3.05) is 18.7 Å². The van der Waals surface area contributed by atoms with Gasteiger partial charge in [0, 0.05) is 23.1 Å². The van der Waals surface area contributed by atoms with E-state index in [-0.39, 0.29) is 12.0 Å². The number of amides is 1. The maximum Gasteiger partial charge on any atom is 0.255 e. The Labute approximate surface area is 159 Å². The number of hydrogen-bond acceptors (Lipinski definition) is 4. The fourth-order valence-corrected chi connectivity index (χ4v) is 3.68. The molecule has 26 heavy (non-hydrogen) atoms. The first-order valence-electron chi connectivity index (χ1n) is 8.93. The van der Waals surface area contributed by atoms with E-state index in [9.17, 15) is 4.79 Å². The van der Waals surface area contributed by atoms with E-state index in [0.29, 0.717) is 22.7 Å². The molecule has 0 heterocycles. The SMILES string of the molecule is COc1ccc(NC(=O)c2ccc(CSC)cc2)cc1OC1CCCC1. The largest absolute Gasteiger partial charge is 0.493 e. The fraction of sp³-hybridized carbons (Fsp3) is 0.381. The lowest BCUT2D eigenvalue weighted by atomic mass is 10.1. The van der Waals surface area contributed by atoms with Crippen molar-refractivity contribution in [1.29, 1.82) is 0 Å². The average Bonchev–Trinajstić information content (AvgIpc) is 3.16. The molecule has 1 amide bonds. The molecule has 2 aromatic rings. The number of ether oxygens (including phenoxy) is 2. The molecule has 0 atom stereocenters. The molecule has 0 radical (unpaired) electrons. The van der Waals surface area contributed by atoms with Crippen LogP contribution in [0.5, 0.6) is 11.5 Å². The molecule has 5 heteroatoms. The minimum atomic E-state index is -0.127. The molecule has 0 unspecified atom stereocenters. The smallest absolute Gasteiger partial charge is 0.255 e. The highest BCUT2D eigenvalue weighted by Gasteiger charge is 2.19. The summed E-state index contributed by atoms with van der Waals surface area (Å²) in [4.78, 5) is 12.5. The highest BCUT2D eigenvalue weighted by atomic mass is 32.2. The summed E-state index contributed by atoms with van der Waals surface area (Å²) in [6.45, 7) is 0. The molecule has 1 saturated carbocycles. The van der Waals surface area contributed by atoms with Crippen LogP contribution in [0.2, 0.25) is 0 Å². The maximum absolute atomic E-state index is 12.5. The Balaban J connectivity index is 1.70. The zero-order valence-electron chi connectivity index (χ0n) is 15.3. The van der Waals surface area contributed by atoms with Crippen molar-refractivity contribution in [3.05, 3.63) is 53.6 Å². The number of anilines is 1. The Morgan fingerprint density at radius 1 is 1.12 bits per heavy atom. The van der Waals surface area contributed by atoms with E-state index in [1.165, 1.54) is 18.4 Å². The number of thioether (sulfide) groups is 1. The van der Waals surface area contributed by atoms with Gasteiger partial charge in [-0.2, -0.15) is 11.8 Å². The quantitative estimate of drug-likeness (QED) is 0.733. The van der Waals surface area contributed by atoms with Crippen LogP contribution < -0.4 is 14.8 Å². The number of carbonyl (C=O) groups excluding carboxylic acids is 1. The summed E-state index contributed by atoms with van der Waals surface area (Å²) in [5.74, 6) is 2.20. The van der Waals surface area contributed by atoms with Crippen molar-refractivity contribution in [2.24, 2.45) is 0 Å². The Kier molecular flexibility index (Phi) is 6.45. The lowest BCUT2D eigenvalue weighted by molar-refractivity contribution is 0.102. The predicted molar refractivity (Wildman–Crippen MR) is 107 cm³/mol. The van der Waals surface area contributed by atoms with Crippen LogP contribution in [0.15, 0.2) is 42.5 Å². The zero-order chi connectivity index (χ0) is 18.4. The van der Waals surface area contributed by atoms with Gasteiger partial charge in [-0.1, -0.05) is 12.1 Å². The van der Waals surface area contributed by atoms with E-state index in [1.807, 2.05) is 42.5 Å². The summed E-state index contributed by atoms with van der Waals surface area (Å²) in [6, 6.07) is 13.2. The Morgan fingerprint density at radius 2 is 1.85 bits per heavy atom. The van der Waals surface area contributed by atoms with Crippen molar-refractivity contribution >= 4 is 23.4 Å². The highest BCUT2D eigenvalue weighted by Crippen LogP contribution is 2.34. The second kappa shape index (κ2) is 8.99. The lowest BCUT2D eigenvalue weighted by Gasteiger charge is -2.17. The van der Waals surface area contributed by atoms with Gasteiger partial charge >= 0.3 is 0 Å². The van der Waals surface area contributed by atoms with Gasteiger partial charge in [-0.25, -0.2) is 0 Å².